The molecule has 1 atom stereocenters. The van der Waals surface area contributed by atoms with Crippen molar-refractivity contribution >= 4 is 46.7 Å². The fourth-order valence-electron chi connectivity index (χ4n) is 3.86. The summed E-state index contributed by atoms with van der Waals surface area (Å²) < 4.78 is 0. The lowest BCUT2D eigenvalue weighted by atomic mass is 9.75. The fraction of sp³-hybridized carbons (Fsp3) is 0.526. The van der Waals surface area contributed by atoms with Gasteiger partial charge in [-0.05, 0) is 56.7 Å². The van der Waals surface area contributed by atoms with Gasteiger partial charge in [0.1, 0.15) is 11.6 Å². The van der Waals surface area contributed by atoms with Gasteiger partial charge in [0.25, 0.3) is 5.91 Å². The van der Waals surface area contributed by atoms with Crippen molar-refractivity contribution in [1.82, 2.24) is 10.2 Å². The molecule has 0 radical (unpaired) electrons. The lowest BCUT2D eigenvalue weighted by Gasteiger charge is -2.35. The minimum atomic E-state index is -0.951. The van der Waals surface area contributed by atoms with E-state index in [1.807, 2.05) is 0 Å². The summed E-state index contributed by atoms with van der Waals surface area (Å²) in [5, 5.41) is 6.24. The molecule has 8 heteroatoms. The van der Waals surface area contributed by atoms with Crippen molar-refractivity contribution in [3.8, 4) is 0 Å². The Balaban J connectivity index is 1.72. The van der Waals surface area contributed by atoms with Crippen LogP contribution in [-0.4, -0.2) is 34.3 Å². The Labute approximate surface area is 168 Å². The van der Waals surface area contributed by atoms with E-state index in [0.29, 0.717) is 29.5 Å². The molecule has 1 aromatic rings. The van der Waals surface area contributed by atoms with Gasteiger partial charge in [-0.2, -0.15) is 0 Å². The molecule has 1 saturated heterocycles. The summed E-state index contributed by atoms with van der Waals surface area (Å²) in [6.07, 6.45) is 4.10. The van der Waals surface area contributed by atoms with Crippen LogP contribution in [0.4, 0.5) is 10.5 Å². The third-order valence-electron chi connectivity index (χ3n) is 5.69. The van der Waals surface area contributed by atoms with E-state index < -0.39 is 23.5 Å². The van der Waals surface area contributed by atoms with Crippen LogP contribution in [0.5, 0.6) is 0 Å². The molecular weight excluding hydrogens is 389 g/mol. The van der Waals surface area contributed by atoms with Crippen LogP contribution in [-0.2, 0) is 9.59 Å². The Kier molecular flexibility index (Phi) is 5.68. The topological polar surface area (TPSA) is 78.5 Å². The van der Waals surface area contributed by atoms with E-state index >= 15 is 0 Å². The smallest absolute Gasteiger partial charge is 0.323 e. The number of amides is 4. The number of rotatable bonds is 4. The van der Waals surface area contributed by atoms with Crippen molar-refractivity contribution in [2.24, 2.45) is 5.92 Å². The van der Waals surface area contributed by atoms with Crippen molar-refractivity contribution < 1.29 is 14.4 Å². The second-order valence-corrected chi connectivity index (χ2v) is 8.17. The van der Waals surface area contributed by atoms with Crippen LogP contribution in [0.2, 0.25) is 10.0 Å². The Morgan fingerprint density at radius 2 is 2.00 bits per heavy atom. The molecule has 2 N–H and O–H groups in total. The van der Waals surface area contributed by atoms with Gasteiger partial charge in [0.2, 0.25) is 5.91 Å². The monoisotopic (exact) mass is 411 g/mol. The first-order valence-electron chi connectivity index (χ1n) is 9.19. The van der Waals surface area contributed by atoms with Crippen LogP contribution in [0.1, 0.15) is 46.0 Å². The molecule has 6 nitrogen and oxygen atoms in total. The SMILES string of the molecule is CCC1CCC2(CC1)NC(=O)N([C@@H](C)C(=O)Nc1ccc(Cl)cc1Cl)C2=O. The van der Waals surface area contributed by atoms with E-state index in [-0.39, 0.29) is 10.9 Å². The molecule has 4 amide bonds. The molecule has 1 spiro atoms. The molecule has 146 valence electrons. The van der Waals surface area contributed by atoms with Gasteiger partial charge in [0.05, 0.1) is 10.7 Å². The zero-order valence-electron chi connectivity index (χ0n) is 15.4. The van der Waals surface area contributed by atoms with Crippen LogP contribution in [0, 0.1) is 5.92 Å². The first-order chi connectivity index (χ1) is 12.8. The quantitative estimate of drug-likeness (QED) is 0.728. The lowest BCUT2D eigenvalue weighted by Crippen LogP contribution is -2.51. The molecule has 1 saturated carbocycles. The van der Waals surface area contributed by atoms with Gasteiger partial charge in [0, 0.05) is 5.02 Å². The molecule has 1 aromatic carbocycles. The predicted octanol–water partition coefficient (Wildman–Crippen LogP) is 4.21. The number of imide groups is 1. The van der Waals surface area contributed by atoms with Gasteiger partial charge in [-0.15, -0.1) is 0 Å². The molecule has 2 fully saturated rings. The minimum absolute atomic E-state index is 0.287. The summed E-state index contributed by atoms with van der Waals surface area (Å²) in [4.78, 5) is 39.2. The van der Waals surface area contributed by atoms with Crippen molar-refractivity contribution in [2.45, 2.75) is 57.5 Å². The number of urea groups is 1. The first-order valence-corrected chi connectivity index (χ1v) is 9.94. The van der Waals surface area contributed by atoms with E-state index in [4.69, 9.17) is 23.2 Å². The van der Waals surface area contributed by atoms with Crippen LogP contribution in [0.3, 0.4) is 0 Å². The first kappa shape index (κ1) is 20.0. The zero-order valence-corrected chi connectivity index (χ0v) is 16.9. The van der Waals surface area contributed by atoms with Crippen LogP contribution in [0.25, 0.3) is 0 Å². The second-order valence-electron chi connectivity index (χ2n) is 7.33. The number of nitrogens with zero attached hydrogens (tertiary/aromatic N) is 1. The van der Waals surface area contributed by atoms with E-state index in [2.05, 4.69) is 17.6 Å². The van der Waals surface area contributed by atoms with E-state index in [1.54, 1.807) is 12.1 Å². The Bertz CT molecular complexity index is 775. The summed E-state index contributed by atoms with van der Waals surface area (Å²) in [5.41, 5.74) is -0.488. The molecule has 1 aliphatic carbocycles. The number of hydrogen-bond acceptors (Lipinski definition) is 3. The highest BCUT2D eigenvalue weighted by molar-refractivity contribution is 6.36. The number of hydrogen-bond donors (Lipinski definition) is 2. The average Bonchev–Trinajstić information content (AvgIpc) is 2.87. The zero-order chi connectivity index (χ0) is 19.8. The Morgan fingerprint density at radius 3 is 2.59 bits per heavy atom. The maximum atomic E-state index is 13.0. The maximum absolute atomic E-state index is 13.0. The van der Waals surface area contributed by atoms with Crippen molar-refractivity contribution in [3.05, 3.63) is 28.2 Å². The van der Waals surface area contributed by atoms with Crippen molar-refractivity contribution in [1.29, 1.82) is 0 Å². The molecule has 27 heavy (non-hydrogen) atoms. The Hall–Kier alpha value is -1.79. The highest BCUT2D eigenvalue weighted by atomic mass is 35.5. The molecular formula is C19H23Cl2N3O3. The fourth-order valence-corrected chi connectivity index (χ4v) is 4.31. The number of halogens is 2. The third kappa shape index (κ3) is 3.78. The highest BCUT2D eigenvalue weighted by Crippen LogP contribution is 2.38. The lowest BCUT2D eigenvalue weighted by molar-refractivity contribution is -0.137. The number of carbonyl (C=O) groups excluding carboxylic acids is 3. The van der Waals surface area contributed by atoms with Gasteiger partial charge in [-0.25, -0.2) is 9.69 Å². The van der Waals surface area contributed by atoms with Crippen molar-refractivity contribution in [3.63, 3.8) is 0 Å². The van der Waals surface area contributed by atoms with Gasteiger partial charge < -0.3 is 10.6 Å². The standard InChI is InChI=1S/C19H23Cl2N3O3/c1-3-12-6-8-19(9-7-12)17(26)24(18(27)23-19)11(2)16(25)22-15-5-4-13(20)10-14(15)21/h4-5,10-12H,3,6-9H2,1-2H3,(H,22,25)(H,23,27)/t11-,12?,19?/m0/s1. The molecule has 1 aliphatic heterocycles. The number of benzene rings is 1. The third-order valence-corrected chi connectivity index (χ3v) is 6.23. The number of anilines is 1. The molecule has 2 aliphatic rings. The second kappa shape index (κ2) is 7.68. The maximum Gasteiger partial charge on any atom is 0.325 e. The largest absolute Gasteiger partial charge is 0.325 e. The number of nitrogens with one attached hydrogen (secondary N) is 2. The summed E-state index contributed by atoms with van der Waals surface area (Å²) in [6.45, 7) is 3.67. The number of carbonyl (C=O) groups is 3. The summed E-state index contributed by atoms with van der Waals surface area (Å²) >= 11 is 11.9. The summed E-state index contributed by atoms with van der Waals surface area (Å²) in [5.74, 6) is -0.212. The van der Waals surface area contributed by atoms with Gasteiger partial charge in [-0.3, -0.25) is 9.59 Å². The molecule has 0 bridgehead atoms. The van der Waals surface area contributed by atoms with E-state index in [1.165, 1.54) is 13.0 Å². The van der Waals surface area contributed by atoms with Crippen LogP contribution < -0.4 is 10.6 Å². The van der Waals surface area contributed by atoms with E-state index in [0.717, 1.165) is 24.2 Å². The predicted molar refractivity (Wildman–Crippen MR) is 105 cm³/mol. The van der Waals surface area contributed by atoms with Gasteiger partial charge >= 0.3 is 6.03 Å². The molecule has 0 unspecified atom stereocenters. The summed E-state index contributed by atoms with van der Waals surface area (Å²) in [6, 6.07) is 3.22. The van der Waals surface area contributed by atoms with Crippen LogP contribution >= 0.6 is 23.2 Å². The molecule has 0 aromatic heterocycles. The van der Waals surface area contributed by atoms with Crippen molar-refractivity contribution in [2.75, 3.05) is 5.32 Å². The van der Waals surface area contributed by atoms with E-state index in [9.17, 15) is 14.4 Å². The van der Waals surface area contributed by atoms with Gasteiger partial charge in [0.15, 0.2) is 0 Å². The highest BCUT2D eigenvalue weighted by Gasteiger charge is 2.54. The minimum Gasteiger partial charge on any atom is -0.323 e. The normalized spacial score (nSPS) is 26.2. The van der Waals surface area contributed by atoms with Gasteiger partial charge in [-0.1, -0.05) is 36.5 Å². The molecule has 3 rings (SSSR count). The molecule has 1 heterocycles. The Morgan fingerprint density at radius 1 is 1.33 bits per heavy atom. The van der Waals surface area contributed by atoms with Crippen LogP contribution in [0.15, 0.2) is 18.2 Å². The average molecular weight is 412 g/mol. The summed E-state index contributed by atoms with van der Waals surface area (Å²) in [7, 11) is 0.